The summed E-state index contributed by atoms with van der Waals surface area (Å²) in [5.41, 5.74) is 0. The average molecular weight is 210 g/mol. The van der Waals surface area contributed by atoms with Gasteiger partial charge in [0.2, 0.25) is 0 Å². The van der Waals surface area contributed by atoms with Gasteiger partial charge in [-0.1, -0.05) is 0 Å². The summed E-state index contributed by atoms with van der Waals surface area (Å²) in [6.45, 7) is 5.28. The van der Waals surface area contributed by atoms with Crippen molar-refractivity contribution in [3.05, 3.63) is 12.7 Å². The summed E-state index contributed by atoms with van der Waals surface area (Å²) in [5, 5.41) is 7.62. The Labute approximate surface area is 90.0 Å². The van der Waals surface area contributed by atoms with Gasteiger partial charge in [-0.15, -0.1) is 10.2 Å². The van der Waals surface area contributed by atoms with E-state index in [-0.39, 0.29) is 0 Å². The number of hydrogen-bond acceptors (Lipinski definition) is 4. The van der Waals surface area contributed by atoms with Gasteiger partial charge in [0.25, 0.3) is 0 Å². The summed E-state index contributed by atoms with van der Waals surface area (Å²) in [6.07, 6.45) is 4.84. The highest BCUT2D eigenvalue weighted by atomic mass is 16.5. The number of methoxy groups -OCH3 is 1. The first-order chi connectivity index (χ1) is 7.38. The van der Waals surface area contributed by atoms with Crippen molar-refractivity contribution in [2.24, 2.45) is 5.92 Å². The third-order valence-corrected chi connectivity index (χ3v) is 2.92. The quantitative estimate of drug-likeness (QED) is 0.698. The van der Waals surface area contributed by atoms with Crippen LogP contribution in [0.2, 0.25) is 0 Å². The summed E-state index contributed by atoms with van der Waals surface area (Å²) >= 11 is 0. The molecular weight excluding hydrogens is 192 g/mol. The zero-order valence-corrected chi connectivity index (χ0v) is 9.17. The molecule has 0 saturated carbocycles. The minimum atomic E-state index is 0.734. The van der Waals surface area contributed by atoms with Crippen molar-refractivity contribution in [3.8, 4) is 0 Å². The van der Waals surface area contributed by atoms with Gasteiger partial charge in [-0.3, -0.25) is 0 Å². The van der Waals surface area contributed by atoms with E-state index in [1.807, 2.05) is 0 Å². The highest BCUT2D eigenvalue weighted by Gasteiger charge is 2.22. The van der Waals surface area contributed by atoms with Crippen LogP contribution in [0.5, 0.6) is 0 Å². The van der Waals surface area contributed by atoms with Crippen LogP contribution in [0.15, 0.2) is 12.7 Å². The zero-order valence-electron chi connectivity index (χ0n) is 9.17. The molecule has 15 heavy (non-hydrogen) atoms. The van der Waals surface area contributed by atoms with Crippen molar-refractivity contribution in [1.29, 1.82) is 0 Å². The molecule has 1 aliphatic heterocycles. The molecule has 1 aliphatic rings. The predicted molar refractivity (Wildman–Crippen MR) is 56.4 cm³/mol. The Bertz CT molecular complexity index is 275. The SMILES string of the molecule is COCCN1CCC(Cn2cnnc2)C1. The highest BCUT2D eigenvalue weighted by molar-refractivity contribution is 4.76. The Morgan fingerprint density at radius 1 is 1.40 bits per heavy atom. The molecule has 1 aromatic rings. The van der Waals surface area contributed by atoms with Gasteiger partial charge in [0, 0.05) is 26.7 Å². The second kappa shape index (κ2) is 5.23. The molecule has 0 aromatic carbocycles. The molecule has 0 amide bonds. The molecule has 1 aromatic heterocycles. The zero-order chi connectivity index (χ0) is 10.5. The number of hydrogen-bond donors (Lipinski definition) is 0. The standard InChI is InChI=1S/C10H18N4O/c1-15-5-4-13-3-2-10(6-13)7-14-8-11-12-9-14/h8-10H,2-7H2,1H3. The molecule has 1 atom stereocenters. The summed E-state index contributed by atoms with van der Waals surface area (Å²) < 4.78 is 7.14. The van der Waals surface area contributed by atoms with E-state index in [4.69, 9.17) is 4.74 Å². The van der Waals surface area contributed by atoms with Crippen LogP contribution in [0, 0.1) is 5.92 Å². The Balaban J connectivity index is 1.73. The summed E-state index contributed by atoms with van der Waals surface area (Å²) in [5.74, 6) is 0.734. The normalized spacial score (nSPS) is 22.3. The van der Waals surface area contributed by atoms with Crippen molar-refractivity contribution in [1.82, 2.24) is 19.7 Å². The molecule has 0 N–H and O–H groups in total. The van der Waals surface area contributed by atoms with Gasteiger partial charge in [-0.05, 0) is 18.9 Å². The van der Waals surface area contributed by atoms with E-state index in [1.165, 1.54) is 19.5 Å². The van der Waals surface area contributed by atoms with E-state index in [9.17, 15) is 0 Å². The van der Waals surface area contributed by atoms with Crippen molar-refractivity contribution in [2.45, 2.75) is 13.0 Å². The maximum atomic E-state index is 5.08. The Morgan fingerprint density at radius 2 is 2.20 bits per heavy atom. The molecule has 1 saturated heterocycles. The Kier molecular flexibility index (Phi) is 3.69. The topological polar surface area (TPSA) is 43.2 Å². The van der Waals surface area contributed by atoms with Gasteiger partial charge in [0.15, 0.2) is 0 Å². The molecule has 84 valence electrons. The van der Waals surface area contributed by atoms with Crippen LogP contribution in [-0.4, -0.2) is 53.0 Å². The molecule has 5 heteroatoms. The van der Waals surface area contributed by atoms with E-state index >= 15 is 0 Å². The maximum Gasteiger partial charge on any atom is 0.119 e. The summed E-state index contributed by atoms with van der Waals surface area (Å²) in [4.78, 5) is 2.46. The first-order valence-electron chi connectivity index (χ1n) is 5.42. The van der Waals surface area contributed by atoms with Gasteiger partial charge < -0.3 is 14.2 Å². The van der Waals surface area contributed by atoms with E-state index in [1.54, 1.807) is 19.8 Å². The van der Waals surface area contributed by atoms with Crippen molar-refractivity contribution < 1.29 is 4.74 Å². The second-order valence-corrected chi connectivity index (χ2v) is 4.11. The van der Waals surface area contributed by atoms with Gasteiger partial charge in [0.05, 0.1) is 6.61 Å². The van der Waals surface area contributed by atoms with Crippen molar-refractivity contribution >= 4 is 0 Å². The van der Waals surface area contributed by atoms with Crippen LogP contribution >= 0.6 is 0 Å². The minimum absolute atomic E-state index is 0.734. The first kappa shape index (κ1) is 10.6. The third kappa shape index (κ3) is 3.00. The first-order valence-corrected chi connectivity index (χ1v) is 5.42. The fraction of sp³-hybridized carbons (Fsp3) is 0.800. The lowest BCUT2D eigenvalue weighted by Gasteiger charge is -2.15. The molecule has 1 fully saturated rings. The van der Waals surface area contributed by atoms with E-state index in [0.29, 0.717) is 0 Å². The predicted octanol–water partition coefficient (Wildman–Crippen LogP) is 0.246. The van der Waals surface area contributed by atoms with Gasteiger partial charge in [0.1, 0.15) is 12.7 Å². The number of ether oxygens (including phenoxy) is 1. The molecule has 5 nitrogen and oxygen atoms in total. The fourth-order valence-electron chi connectivity index (χ4n) is 2.10. The van der Waals surface area contributed by atoms with Crippen molar-refractivity contribution in [3.63, 3.8) is 0 Å². The number of rotatable bonds is 5. The Hall–Kier alpha value is -0.940. The lowest BCUT2D eigenvalue weighted by molar-refractivity contribution is 0.158. The van der Waals surface area contributed by atoms with Crippen LogP contribution in [-0.2, 0) is 11.3 Å². The number of aromatic nitrogens is 3. The van der Waals surface area contributed by atoms with E-state index in [0.717, 1.165) is 25.6 Å². The molecular formula is C10H18N4O. The van der Waals surface area contributed by atoms with Crippen LogP contribution in [0.3, 0.4) is 0 Å². The number of nitrogens with zero attached hydrogens (tertiary/aromatic N) is 4. The van der Waals surface area contributed by atoms with Crippen LogP contribution in [0.25, 0.3) is 0 Å². The van der Waals surface area contributed by atoms with E-state index < -0.39 is 0 Å². The molecule has 1 unspecified atom stereocenters. The molecule has 2 rings (SSSR count). The van der Waals surface area contributed by atoms with E-state index in [2.05, 4.69) is 19.7 Å². The fourth-order valence-corrected chi connectivity index (χ4v) is 2.10. The highest BCUT2D eigenvalue weighted by Crippen LogP contribution is 2.17. The molecule has 0 aliphatic carbocycles. The van der Waals surface area contributed by atoms with Crippen molar-refractivity contribution in [2.75, 3.05) is 33.4 Å². The molecule has 0 bridgehead atoms. The minimum Gasteiger partial charge on any atom is -0.383 e. The van der Waals surface area contributed by atoms with Crippen LogP contribution in [0.4, 0.5) is 0 Å². The Morgan fingerprint density at radius 3 is 2.93 bits per heavy atom. The summed E-state index contributed by atoms with van der Waals surface area (Å²) in [7, 11) is 1.75. The lowest BCUT2D eigenvalue weighted by atomic mass is 10.1. The summed E-state index contributed by atoms with van der Waals surface area (Å²) in [6, 6.07) is 0. The number of likely N-dealkylation sites (tertiary alicyclic amines) is 1. The largest absolute Gasteiger partial charge is 0.383 e. The van der Waals surface area contributed by atoms with Gasteiger partial charge >= 0.3 is 0 Å². The molecule has 0 radical (unpaired) electrons. The lowest BCUT2D eigenvalue weighted by Crippen LogP contribution is -2.25. The van der Waals surface area contributed by atoms with Gasteiger partial charge in [-0.25, -0.2) is 0 Å². The average Bonchev–Trinajstić information content (AvgIpc) is 2.87. The smallest absolute Gasteiger partial charge is 0.119 e. The van der Waals surface area contributed by atoms with Crippen LogP contribution < -0.4 is 0 Å². The molecule has 2 heterocycles. The van der Waals surface area contributed by atoms with Crippen LogP contribution in [0.1, 0.15) is 6.42 Å². The molecule has 0 spiro atoms. The maximum absolute atomic E-state index is 5.08. The van der Waals surface area contributed by atoms with Gasteiger partial charge in [-0.2, -0.15) is 0 Å². The third-order valence-electron chi connectivity index (χ3n) is 2.92. The second-order valence-electron chi connectivity index (χ2n) is 4.11. The monoisotopic (exact) mass is 210 g/mol.